The summed E-state index contributed by atoms with van der Waals surface area (Å²) in [5, 5.41) is 0. The van der Waals surface area contributed by atoms with Crippen molar-refractivity contribution >= 4 is 23.8 Å². The van der Waals surface area contributed by atoms with Crippen molar-refractivity contribution in [3.8, 4) is 0 Å². The van der Waals surface area contributed by atoms with Gasteiger partial charge in [-0.05, 0) is 41.5 Å². The highest BCUT2D eigenvalue weighted by Crippen LogP contribution is 2.10. The summed E-state index contributed by atoms with van der Waals surface area (Å²) in [6.07, 6.45) is -0.875. The van der Waals surface area contributed by atoms with E-state index < -0.39 is 17.3 Å². The van der Waals surface area contributed by atoms with Crippen LogP contribution < -0.4 is 0 Å². The third kappa shape index (κ3) is 8.65. The first-order chi connectivity index (χ1) is 9.60. The molecular weight excluding hydrogens is 296 g/mol. The lowest BCUT2D eigenvalue weighted by Gasteiger charge is -2.28. The second-order valence-corrected chi connectivity index (χ2v) is 6.18. The van der Waals surface area contributed by atoms with E-state index in [1.165, 1.54) is 4.90 Å². The standard InChI is InChI=1S/C14H27ClN2O4/c1-7-16(12(18)20-11(3)15)9-10-17(8-2)13(19)21-14(4,5)6/h11H,7-10H2,1-6H3. The summed E-state index contributed by atoms with van der Waals surface area (Å²) in [4.78, 5) is 26.8. The Balaban J connectivity index is 4.48. The van der Waals surface area contributed by atoms with Crippen molar-refractivity contribution in [1.29, 1.82) is 0 Å². The van der Waals surface area contributed by atoms with Crippen molar-refractivity contribution in [2.75, 3.05) is 26.2 Å². The van der Waals surface area contributed by atoms with Crippen molar-refractivity contribution in [1.82, 2.24) is 9.80 Å². The number of alkyl halides is 1. The summed E-state index contributed by atoms with van der Waals surface area (Å²) in [5.41, 5.74) is -1.22. The molecule has 124 valence electrons. The van der Waals surface area contributed by atoms with Crippen LogP contribution in [0, 0.1) is 0 Å². The van der Waals surface area contributed by atoms with Crippen molar-refractivity contribution in [3.63, 3.8) is 0 Å². The predicted octanol–water partition coefficient (Wildman–Crippen LogP) is 3.29. The number of ether oxygens (including phenoxy) is 2. The van der Waals surface area contributed by atoms with Gasteiger partial charge in [-0.15, -0.1) is 0 Å². The van der Waals surface area contributed by atoms with Crippen molar-refractivity contribution in [2.24, 2.45) is 0 Å². The molecule has 0 N–H and O–H groups in total. The van der Waals surface area contributed by atoms with Gasteiger partial charge in [0.25, 0.3) is 0 Å². The fraction of sp³-hybridized carbons (Fsp3) is 0.857. The number of carbonyl (C=O) groups excluding carboxylic acids is 2. The van der Waals surface area contributed by atoms with E-state index in [-0.39, 0.29) is 6.09 Å². The molecule has 2 amide bonds. The monoisotopic (exact) mass is 322 g/mol. The van der Waals surface area contributed by atoms with E-state index in [1.54, 1.807) is 11.8 Å². The highest BCUT2D eigenvalue weighted by molar-refractivity contribution is 6.19. The van der Waals surface area contributed by atoms with Gasteiger partial charge in [0.05, 0.1) is 0 Å². The molecule has 7 heteroatoms. The Kier molecular flexibility index (Phi) is 8.47. The number of rotatable bonds is 6. The second-order valence-electron chi connectivity index (χ2n) is 5.57. The molecule has 0 bridgehead atoms. The Morgan fingerprint density at radius 2 is 1.48 bits per heavy atom. The van der Waals surface area contributed by atoms with Crippen LogP contribution in [-0.2, 0) is 9.47 Å². The van der Waals surface area contributed by atoms with Crippen LogP contribution in [0.15, 0.2) is 0 Å². The van der Waals surface area contributed by atoms with E-state index >= 15 is 0 Å². The third-order valence-corrected chi connectivity index (χ3v) is 2.67. The molecule has 0 spiro atoms. The minimum Gasteiger partial charge on any atom is -0.444 e. The minimum atomic E-state index is -0.681. The quantitative estimate of drug-likeness (QED) is 0.704. The first-order valence-corrected chi connectivity index (χ1v) is 7.61. The molecular formula is C14H27ClN2O4. The van der Waals surface area contributed by atoms with E-state index in [4.69, 9.17) is 21.1 Å². The van der Waals surface area contributed by atoms with Crippen LogP contribution in [0.25, 0.3) is 0 Å². The zero-order valence-corrected chi connectivity index (χ0v) is 14.6. The Bertz CT molecular complexity index is 342. The minimum absolute atomic E-state index is 0.367. The molecule has 0 aromatic rings. The zero-order valence-electron chi connectivity index (χ0n) is 13.8. The summed E-state index contributed by atoms with van der Waals surface area (Å²) >= 11 is 5.63. The molecule has 0 heterocycles. The lowest BCUT2D eigenvalue weighted by molar-refractivity contribution is 0.0236. The van der Waals surface area contributed by atoms with Gasteiger partial charge in [-0.2, -0.15) is 0 Å². The number of nitrogens with zero attached hydrogens (tertiary/aromatic N) is 2. The Morgan fingerprint density at radius 1 is 1.05 bits per heavy atom. The fourth-order valence-electron chi connectivity index (χ4n) is 1.54. The Hall–Kier alpha value is -1.17. The van der Waals surface area contributed by atoms with Crippen LogP contribution in [0.2, 0.25) is 0 Å². The first kappa shape index (κ1) is 19.8. The topological polar surface area (TPSA) is 59.1 Å². The summed E-state index contributed by atoms with van der Waals surface area (Å²) in [6, 6.07) is 0. The van der Waals surface area contributed by atoms with Gasteiger partial charge in [-0.25, -0.2) is 9.59 Å². The average Bonchev–Trinajstić information content (AvgIpc) is 2.31. The largest absolute Gasteiger partial charge is 0.444 e. The normalized spacial score (nSPS) is 12.5. The van der Waals surface area contributed by atoms with Gasteiger partial charge >= 0.3 is 12.2 Å². The van der Waals surface area contributed by atoms with Crippen molar-refractivity contribution < 1.29 is 19.1 Å². The van der Waals surface area contributed by atoms with Gasteiger partial charge < -0.3 is 19.3 Å². The van der Waals surface area contributed by atoms with Crippen LogP contribution in [0.1, 0.15) is 41.5 Å². The van der Waals surface area contributed by atoms with E-state index in [0.717, 1.165) is 0 Å². The van der Waals surface area contributed by atoms with Gasteiger partial charge in [0, 0.05) is 26.2 Å². The Labute approximate surface area is 132 Å². The zero-order chi connectivity index (χ0) is 16.6. The average molecular weight is 323 g/mol. The van der Waals surface area contributed by atoms with Gasteiger partial charge in [-0.3, -0.25) is 0 Å². The Morgan fingerprint density at radius 3 is 1.81 bits per heavy atom. The maximum Gasteiger partial charge on any atom is 0.411 e. The number of amides is 2. The summed E-state index contributed by atoms with van der Waals surface area (Å²) in [5.74, 6) is 0. The van der Waals surface area contributed by atoms with Gasteiger partial charge in [0.2, 0.25) is 0 Å². The lowest BCUT2D eigenvalue weighted by atomic mass is 10.2. The van der Waals surface area contributed by atoms with Crippen molar-refractivity contribution in [3.05, 3.63) is 0 Å². The van der Waals surface area contributed by atoms with E-state index in [1.807, 2.05) is 34.6 Å². The summed E-state index contributed by atoms with van der Waals surface area (Å²) in [6.45, 7) is 12.5. The number of hydrogen-bond acceptors (Lipinski definition) is 4. The third-order valence-electron chi connectivity index (χ3n) is 2.58. The molecule has 6 nitrogen and oxygen atoms in total. The van der Waals surface area contributed by atoms with E-state index in [9.17, 15) is 9.59 Å². The molecule has 0 aliphatic heterocycles. The first-order valence-electron chi connectivity index (χ1n) is 7.18. The highest BCUT2D eigenvalue weighted by Gasteiger charge is 2.22. The van der Waals surface area contributed by atoms with Crippen LogP contribution >= 0.6 is 11.6 Å². The van der Waals surface area contributed by atoms with Crippen LogP contribution in [0.3, 0.4) is 0 Å². The van der Waals surface area contributed by atoms with Crippen LogP contribution in [-0.4, -0.2) is 59.3 Å². The van der Waals surface area contributed by atoms with E-state index in [2.05, 4.69) is 0 Å². The molecule has 0 aliphatic rings. The predicted molar refractivity (Wildman–Crippen MR) is 82.5 cm³/mol. The molecule has 21 heavy (non-hydrogen) atoms. The van der Waals surface area contributed by atoms with Crippen molar-refractivity contribution in [2.45, 2.75) is 52.7 Å². The number of halogens is 1. The molecule has 0 aromatic carbocycles. The van der Waals surface area contributed by atoms with Gasteiger partial charge in [0.15, 0.2) is 5.56 Å². The fourth-order valence-corrected chi connectivity index (χ4v) is 1.61. The van der Waals surface area contributed by atoms with Crippen LogP contribution in [0.5, 0.6) is 0 Å². The smallest absolute Gasteiger partial charge is 0.411 e. The maximum absolute atomic E-state index is 12.0. The number of hydrogen-bond donors (Lipinski definition) is 0. The van der Waals surface area contributed by atoms with Gasteiger partial charge in [0.1, 0.15) is 5.60 Å². The maximum atomic E-state index is 12.0. The molecule has 0 radical (unpaired) electrons. The number of likely N-dealkylation sites (N-methyl/N-ethyl adjacent to an activating group) is 2. The molecule has 0 fully saturated rings. The van der Waals surface area contributed by atoms with Crippen LogP contribution in [0.4, 0.5) is 9.59 Å². The molecule has 1 unspecified atom stereocenters. The molecule has 0 aromatic heterocycles. The van der Waals surface area contributed by atoms with Gasteiger partial charge in [-0.1, -0.05) is 11.6 Å². The molecule has 1 atom stereocenters. The molecule has 0 saturated carbocycles. The molecule has 0 rings (SSSR count). The summed E-state index contributed by atoms with van der Waals surface area (Å²) in [7, 11) is 0. The van der Waals surface area contributed by atoms with E-state index in [0.29, 0.717) is 26.2 Å². The SMILES string of the molecule is CCN(CCN(CC)C(=O)OC(C)(C)C)C(=O)OC(C)Cl. The lowest BCUT2D eigenvalue weighted by Crippen LogP contribution is -2.43. The number of carbonyl (C=O) groups is 2. The molecule has 0 aliphatic carbocycles. The second kappa shape index (κ2) is 8.97. The molecule has 0 saturated heterocycles. The summed E-state index contributed by atoms with van der Waals surface area (Å²) < 4.78 is 10.2. The highest BCUT2D eigenvalue weighted by atomic mass is 35.5.